The van der Waals surface area contributed by atoms with Crippen LogP contribution < -0.4 is 9.80 Å². The predicted octanol–water partition coefficient (Wildman–Crippen LogP) is 7.45. The van der Waals surface area contributed by atoms with Crippen molar-refractivity contribution in [3.05, 3.63) is 93.9 Å². The summed E-state index contributed by atoms with van der Waals surface area (Å²) in [5.74, 6) is 0.0378. The lowest BCUT2D eigenvalue weighted by Crippen LogP contribution is -2.32. The van der Waals surface area contributed by atoms with E-state index < -0.39 is 0 Å². The Kier molecular flexibility index (Phi) is 8.15. The Morgan fingerprint density at radius 1 is 0.868 bits per heavy atom. The van der Waals surface area contributed by atoms with Crippen molar-refractivity contribution in [1.82, 2.24) is 4.90 Å². The van der Waals surface area contributed by atoms with Gasteiger partial charge in [-0.15, -0.1) is 0 Å². The molecule has 196 valence electrons. The number of carbonyl (C=O) groups is 1. The van der Waals surface area contributed by atoms with E-state index in [4.69, 9.17) is 4.99 Å². The van der Waals surface area contributed by atoms with E-state index in [1.807, 2.05) is 23.1 Å². The number of amides is 1. The zero-order valence-electron chi connectivity index (χ0n) is 22.5. The molecule has 3 aromatic carbocycles. The summed E-state index contributed by atoms with van der Waals surface area (Å²) in [6.45, 7) is 11.9. The minimum absolute atomic E-state index is 0.0378. The number of aliphatic imine (C=N–C) groups is 1. The molecule has 2 heterocycles. The number of aryl methyl sites for hydroxylation is 1. The number of benzene rings is 3. The van der Waals surface area contributed by atoms with Crippen molar-refractivity contribution >= 4 is 51.7 Å². The molecule has 0 radical (unpaired) electrons. The van der Waals surface area contributed by atoms with E-state index in [-0.39, 0.29) is 5.91 Å². The van der Waals surface area contributed by atoms with E-state index in [1.54, 1.807) is 11.8 Å². The topological polar surface area (TPSA) is 39.1 Å². The third kappa shape index (κ3) is 5.22. The first-order chi connectivity index (χ1) is 18.5. The van der Waals surface area contributed by atoms with E-state index in [9.17, 15) is 4.79 Å². The first-order valence-corrected chi connectivity index (χ1v) is 14.9. The second-order valence-electron chi connectivity index (χ2n) is 9.28. The Bertz CT molecular complexity index is 1380. The zero-order chi connectivity index (χ0) is 26.6. The molecule has 0 saturated carbocycles. The molecular formula is C31H34N4OS2. The first-order valence-electron chi connectivity index (χ1n) is 13.3. The molecule has 0 aliphatic carbocycles. The maximum Gasteiger partial charge on any atom is 0.269 e. The van der Waals surface area contributed by atoms with Crippen LogP contribution in [0, 0.1) is 6.92 Å². The average Bonchev–Trinajstić information content (AvgIpc) is 3.46. The van der Waals surface area contributed by atoms with Crippen molar-refractivity contribution < 1.29 is 4.79 Å². The van der Waals surface area contributed by atoms with Crippen LogP contribution in [0.25, 0.3) is 0 Å². The summed E-state index contributed by atoms with van der Waals surface area (Å²) in [5, 5.41) is 1.76. The molecule has 2 aliphatic rings. The quantitative estimate of drug-likeness (QED) is 0.277. The van der Waals surface area contributed by atoms with Gasteiger partial charge in [-0.3, -0.25) is 9.69 Å². The summed E-state index contributed by atoms with van der Waals surface area (Å²) < 4.78 is 0. The van der Waals surface area contributed by atoms with Gasteiger partial charge < -0.3 is 9.80 Å². The lowest BCUT2D eigenvalue weighted by atomic mass is 10.1. The Hall–Kier alpha value is -3.16. The number of anilines is 2. The van der Waals surface area contributed by atoms with Gasteiger partial charge in [-0.2, -0.15) is 0 Å². The fourth-order valence-electron chi connectivity index (χ4n) is 4.87. The van der Waals surface area contributed by atoms with E-state index >= 15 is 0 Å². The minimum Gasteiger partial charge on any atom is -0.372 e. The highest BCUT2D eigenvalue weighted by molar-refractivity contribution is 8.19. The van der Waals surface area contributed by atoms with E-state index in [1.165, 1.54) is 33.6 Å². The van der Waals surface area contributed by atoms with Gasteiger partial charge in [0.1, 0.15) is 9.93 Å². The van der Waals surface area contributed by atoms with E-state index in [0.717, 1.165) is 52.4 Å². The van der Waals surface area contributed by atoms with Crippen LogP contribution in [-0.2, 0) is 11.2 Å². The smallest absolute Gasteiger partial charge is 0.269 e. The number of fused-ring (bicyclic) bond motifs is 1. The van der Waals surface area contributed by atoms with Crippen molar-refractivity contribution in [2.75, 3.05) is 36.0 Å². The number of rotatable bonds is 8. The number of thioether (sulfide) groups is 2. The van der Waals surface area contributed by atoms with Crippen LogP contribution in [0.1, 0.15) is 31.9 Å². The van der Waals surface area contributed by atoms with Gasteiger partial charge in [0, 0.05) is 36.8 Å². The van der Waals surface area contributed by atoms with Crippen LogP contribution in [0.2, 0.25) is 0 Å². The third-order valence-corrected chi connectivity index (χ3v) is 9.35. The van der Waals surface area contributed by atoms with Crippen molar-refractivity contribution in [3.63, 3.8) is 0 Å². The molecule has 0 spiro atoms. The number of amidine groups is 1. The molecule has 0 N–H and O–H groups in total. The average molecular weight is 543 g/mol. The predicted molar refractivity (Wildman–Crippen MR) is 164 cm³/mol. The SMILES string of the molecule is CCN(CC)c1ccc(N=C2S/C(=C3\Sc4ccccc4N3CC)C(=O)N2CCc2ccccc2)c(C)c1. The Labute approximate surface area is 234 Å². The van der Waals surface area contributed by atoms with Gasteiger partial charge in [-0.25, -0.2) is 4.99 Å². The number of hydrogen-bond acceptors (Lipinski definition) is 6. The Balaban J connectivity index is 1.51. The Morgan fingerprint density at radius 3 is 2.32 bits per heavy atom. The summed E-state index contributed by atoms with van der Waals surface area (Å²) in [4.78, 5) is 27.4. The van der Waals surface area contributed by atoms with Crippen molar-refractivity contribution in [3.8, 4) is 0 Å². The molecule has 5 nitrogen and oxygen atoms in total. The summed E-state index contributed by atoms with van der Waals surface area (Å²) in [5.41, 5.74) is 5.59. The monoisotopic (exact) mass is 542 g/mol. The van der Waals surface area contributed by atoms with Gasteiger partial charge >= 0.3 is 0 Å². The number of carbonyl (C=O) groups excluding carboxylic acids is 1. The maximum absolute atomic E-state index is 14.0. The molecule has 0 atom stereocenters. The first kappa shape index (κ1) is 26.4. The Morgan fingerprint density at radius 2 is 1.61 bits per heavy atom. The molecule has 0 aromatic heterocycles. The van der Waals surface area contributed by atoms with E-state index in [0.29, 0.717) is 6.54 Å². The van der Waals surface area contributed by atoms with Crippen molar-refractivity contribution in [1.29, 1.82) is 0 Å². The second-order valence-corrected chi connectivity index (χ2v) is 11.3. The lowest BCUT2D eigenvalue weighted by Gasteiger charge is -2.22. The molecule has 5 rings (SSSR count). The molecule has 0 unspecified atom stereocenters. The van der Waals surface area contributed by atoms with Crippen LogP contribution in [0.3, 0.4) is 0 Å². The summed E-state index contributed by atoms with van der Waals surface area (Å²) in [6, 6.07) is 25.1. The molecule has 0 bridgehead atoms. The molecule has 1 saturated heterocycles. The molecule has 2 aliphatic heterocycles. The molecule has 38 heavy (non-hydrogen) atoms. The van der Waals surface area contributed by atoms with Gasteiger partial charge in [0.2, 0.25) is 0 Å². The fraction of sp³-hybridized carbons (Fsp3) is 0.290. The van der Waals surface area contributed by atoms with Crippen molar-refractivity contribution in [2.45, 2.75) is 39.0 Å². The van der Waals surface area contributed by atoms with Crippen LogP contribution in [0.15, 0.2) is 92.6 Å². The van der Waals surface area contributed by atoms with Crippen LogP contribution in [-0.4, -0.2) is 42.2 Å². The van der Waals surface area contributed by atoms with Gasteiger partial charge in [-0.05, 0) is 87.3 Å². The number of hydrogen-bond donors (Lipinski definition) is 0. The van der Waals surface area contributed by atoms with E-state index in [2.05, 4.69) is 92.1 Å². The summed E-state index contributed by atoms with van der Waals surface area (Å²) >= 11 is 3.19. The largest absolute Gasteiger partial charge is 0.372 e. The van der Waals surface area contributed by atoms with Crippen LogP contribution in [0.5, 0.6) is 0 Å². The second kappa shape index (κ2) is 11.7. The fourth-order valence-corrected chi connectivity index (χ4v) is 7.28. The summed E-state index contributed by atoms with van der Waals surface area (Å²) in [7, 11) is 0. The van der Waals surface area contributed by atoms with Crippen LogP contribution in [0.4, 0.5) is 17.1 Å². The highest BCUT2D eigenvalue weighted by Crippen LogP contribution is 2.50. The van der Waals surface area contributed by atoms with Gasteiger partial charge in [0.25, 0.3) is 5.91 Å². The normalized spacial score (nSPS) is 18.0. The lowest BCUT2D eigenvalue weighted by molar-refractivity contribution is -0.122. The highest BCUT2D eigenvalue weighted by Gasteiger charge is 2.39. The minimum atomic E-state index is 0.0378. The highest BCUT2D eigenvalue weighted by atomic mass is 32.2. The molecule has 1 amide bonds. The van der Waals surface area contributed by atoms with Gasteiger partial charge in [0.15, 0.2) is 5.17 Å². The van der Waals surface area contributed by atoms with Gasteiger partial charge in [-0.1, -0.05) is 54.2 Å². The molecular weight excluding hydrogens is 509 g/mol. The molecule has 1 fully saturated rings. The number of para-hydroxylation sites is 1. The standard InChI is InChI=1S/C31H34N4OS2/c1-5-33(6-2)24-17-18-25(22(4)21-24)32-31-35(20-19-23-13-9-8-10-14-23)29(36)28(38-31)30-34(7-3)26-15-11-12-16-27(26)37-30/h8-18,21H,5-7,19-20H2,1-4H3/b30-28-,32-31?. The third-order valence-electron chi connectivity index (χ3n) is 6.97. The number of nitrogens with zero attached hydrogens (tertiary/aromatic N) is 4. The summed E-state index contributed by atoms with van der Waals surface area (Å²) in [6.07, 6.45) is 0.777. The van der Waals surface area contributed by atoms with Crippen LogP contribution >= 0.6 is 23.5 Å². The maximum atomic E-state index is 14.0. The van der Waals surface area contributed by atoms with Gasteiger partial charge in [0.05, 0.1) is 11.4 Å². The van der Waals surface area contributed by atoms with Crippen molar-refractivity contribution in [2.24, 2.45) is 4.99 Å². The molecule has 7 heteroatoms. The zero-order valence-corrected chi connectivity index (χ0v) is 24.1. The molecule has 3 aromatic rings.